The van der Waals surface area contributed by atoms with E-state index >= 15 is 0 Å². The molecule has 0 bridgehead atoms. The molecule has 54 valence electrons. The highest BCUT2D eigenvalue weighted by molar-refractivity contribution is 8.00. The molecule has 0 aliphatic carbocycles. The van der Waals surface area contributed by atoms with Crippen molar-refractivity contribution in [1.82, 2.24) is 0 Å². The van der Waals surface area contributed by atoms with E-state index in [2.05, 4.69) is 0 Å². The van der Waals surface area contributed by atoms with Gasteiger partial charge in [-0.15, -0.1) is 0 Å². The summed E-state index contributed by atoms with van der Waals surface area (Å²) in [5.41, 5.74) is -0.166. The third-order valence-electron chi connectivity index (χ3n) is 1.75. The summed E-state index contributed by atoms with van der Waals surface area (Å²) in [6, 6.07) is 1.88. The maximum atomic E-state index is 11.1. The fourth-order valence-corrected chi connectivity index (χ4v) is 1.99. The monoisotopic (exact) mass is 155 g/mol. The summed E-state index contributed by atoms with van der Waals surface area (Å²) in [5, 5.41) is 8.24. The molecule has 1 saturated heterocycles. The minimum Gasteiger partial charge on any atom is -0.298 e. The number of rotatable bonds is 2. The van der Waals surface area contributed by atoms with Crippen LogP contribution in [0.5, 0.6) is 0 Å². The van der Waals surface area contributed by atoms with Crippen molar-refractivity contribution >= 4 is 17.5 Å². The Hall–Kier alpha value is -0.490. The van der Waals surface area contributed by atoms with Gasteiger partial charge in [0.15, 0.2) is 5.78 Å². The number of ketones is 1. The number of thioether (sulfide) groups is 1. The van der Waals surface area contributed by atoms with Gasteiger partial charge in [-0.1, -0.05) is 6.92 Å². The molecule has 3 heteroatoms. The number of Topliss-reactive ketones (excluding diaryl/α,β-unsaturated/α-hetero) is 1. The normalized spacial score (nSPS) is 20.8. The van der Waals surface area contributed by atoms with Gasteiger partial charge >= 0.3 is 0 Å². The van der Waals surface area contributed by atoms with Gasteiger partial charge in [-0.25, -0.2) is 0 Å². The van der Waals surface area contributed by atoms with Gasteiger partial charge in [-0.2, -0.15) is 17.0 Å². The average Bonchev–Trinajstić information content (AvgIpc) is 1.83. The van der Waals surface area contributed by atoms with E-state index in [1.165, 1.54) is 0 Å². The molecule has 10 heavy (non-hydrogen) atoms. The minimum absolute atomic E-state index is 0.0804. The van der Waals surface area contributed by atoms with E-state index in [4.69, 9.17) is 5.26 Å². The zero-order valence-corrected chi connectivity index (χ0v) is 6.70. The zero-order chi connectivity index (χ0) is 7.61. The lowest BCUT2D eigenvalue weighted by atomic mass is 9.88. The Labute approximate surface area is 64.6 Å². The third-order valence-corrected chi connectivity index (χ3v) is 3.44. The number of nitriles is 1. The fraction of sp³-hybridized carbons (Fsp3) is 0.714. The molecule has 0 saturated carbocycles. The number of carbonyl (C=O) groups is 1. The summed E-state index contributed by atoms with van der Waals surface area (Å²) in [6.45, 7) is 1.93. The van der Waals surface area contributed by atoms with Crippen LogP contribution < -0.4 is 0 Å². The SMILES string of the molecule is CC1(C(=O)CC#N)CSC1. The number of hydrogen-bond donors (Lipinski definition) is 0. The van der Waals surface area contributed by atoms with Crippen LogP contribution in [0.2, 0.25) is 0 Å². The first-order chi connectivity index (χ1) is 4.69. The van der Waals surface area contributed by atoms with E-state index < -0.39 is 0 Å². The largest absolute Gasteiger partial charge is 0.298 e. The van der Waals surface area contributed by atoms with E-state index in [0.717, 1.165) is 11.5 Å². The van der Waals surface area contributed by atoms with Crippen LogP contribution in [0.3, 0.4) is 0 Å². The molecule has 2 nitrogen and oxygen atoms in total. The summed E-state index contributed by atoms with van der Waals surface area (Å²) in [7, 11) is 0. The van der Waals surface area contributed by atoms with Gasteiger partial charge in [0.2, 0.25) is 0 Å². The fourth-order valence-electron chi connectivity index (χ4n) is 0.854. The highest BCUT2D eigenvalue weighted by Gasteiger charge is 2.39. The van der Waals surface area contributed by atoms with E-state index in [1.54, 1.807) is 11.8 Å². The lowest BCUT2D eigenvalue weighted by molar-refractivity contribution is -0.125. The lowest BCUT2D eigenvalue weighted by Crippen LogP contribution is -2.40. The molecule has 0 radical (unpaired) electrons. The van der Waals surface area contributed by atoms with E-state index in [-0.39, 0.29) is 17.6 Å². The first-order valence-corrected chi connectivity index (χ1v) is 4.32. The standard InChI is InChI=1S/C7H9NOS/c1-7(4-10-5-7)6(9)2-3-8/h2,4-5H2,1H3. The lowest BCUT2D eigenvalue weighted by Gasteiger charge is -2.35. The number of nitrogens with zero attached hydrogens (tertiary/aromatic N) is 1. The topological polar surface area (TPSA) is 40.9 Å². The van der Waals surface area contributed by atoms with Crippen LogP contribution in [0.25, 0.3) is 0 Å². The average molecular weight is 155 g/mol. The smallest absolute Gasteiger partial charge is 0.154 e. The Kier molecular flexibility index (Phi) is 2.00. The molecule has 0 aromatic carbocycles. The van der Waals surface area contributed by atoms with Crippen molar-refractivity contribution in [1.29, 1.82) is 5.26 Å². The summed E-state index contributed by atoms with van der Waals surface area (Å²) in [6.07, 6.45) is 0.0804. The molecule has 0 spiro atoms. The first-order valence-electron chi connectivity index (χ1n) is 3.17. The molecule has 0 N–H and O–H groups in total. The van der Waals surface area contributed by atoms with Crippen molar-refractivity contribution < 1.29 is 4.79 Å². The van der Waals surface area contributed by atoms with Crippen molar-refractivity contribution in [2.45, 2.75) is 13.3 Å². The minimum atomic E-state index is -0.166. The van der Waals surface area contributed by atoms with Gasteiger partial charge in [0.05, 0.1) is 12.5 Å². The second kappa shape index (κ2) is 2.63. The van der Waals surface area contributed by atoms with Crippen molar-refractivity contribution in [2.24, 2.45) is 5.41 Å². The van der Waals surface area contributed by atoms with Crippen LogP contribution >= 0.6 is 11.8 Å². The molecular formula is C7H9NOS. The summed E-state index contributed by atoms with van der Waals surface area (Å²) >= 11 is 1.77. The predicted octanol–water partition coefficient (Wildman–Crippen LogP) is 1.22. The number of carbonyl (C=O) groups excluding carboxylic acids is 1. The van der Waals surface area contributed by atoms with E-state index in [0.29, 0.717) is 0 Å². The van der Waals surface area contributed by atoms with Gasteiger partial charge in [0, 0.05) is 16.9 Å². The summed E-state index contributed by atoms with van der Waals surface area (Å²) in [5.74, 6) is 1.90. The van der Waals surface area contributed by atoms with E-state index in [9.17, 15) is 4.79 Å². The van der Waals surface area contributed by atoms with Gasteiger partial charge in [0.25, 0.3) is 0 Å². The van der Waals surface area contributed by atoms with Crippen LogP contribution in [0.1, 0.15) is 13.3 Å². The Morgan fingerprint density at radius 1 is 1.80 bits per heavy atom. The Morgan fingerprint density at radius 2 is 2.40 bits per heavy atom. The van der Waals surface area contributed by atoms with Crippen molar-refractivity contribution in [2.75, 3.05) is 11.5 Å². The highest BCUT2D eigenvalue weighted by atomic mass is 32.2. The van der Waals surface area contributed by atoms with Gasteiger partial charge in [-0.3, -0.25) is 4.79 Å². The second-order valence-corrected chi connectivity index (χ2v) is 3.80. The van der Waals surface area contributed by atoms with Crippen LogP contribution in [0.4, 0.5) is 0 Å². The predicted molar refractivity (Wildman–Crippen MR) is 40.7 cm³/mol. The molecule has 1 heterocycles. The summed E-state index contributed by atoms with van der Waals surface area (Å²) in [4.78, 5) is 11.1. The maximum absolute atomic E-state index is 11.1. The molecular weight excluding hydrogens is 146 g/mol. The second-order valence-electron chi connectivity index (χ2n) is 2.81. The third kappa shape index (κ3) is 1.17. The molecule has 1 fully saturated rings. The quantitative estimate of drug-likeness (QED) is 0.602. The van der Waals surface area contributed by atoms with Crippen LogP contribution in [0.15, 0.2) is 0 Å². The highest BCUT2D eigenvalue weighted by Crippen LogP contribution is 2.38. The van der Waals surface area contributed by atoms with Crippen molar-refractivity contribution in [3.05, 3.63) is 0 Å². The zero-order valence-electron chi connectivity index (χ0n) is 5.89. The van der Waals surface area contributed by atoms with Crippen LogP contribution in [-0.4, -0.2) is 17.3 Å². The molecule has 1 rings (SSSR count). The maximum Gasteiger partial charge on any atom is 0.154 e. The number of hydrogen-bond acceptors (Lipinski definition) is 3. The molecule has 0 aromatic rings. The van der Waals surface area contributed by atoms with E-state index in [1.807, 2.05) is 13.0 Å². The Balaban J connectivity index is 2.49. The van der Waals surface area contributed by atoms with Crippen LogP contribution in [-0.2, 0) is 4.79 Å². The molecule has 0 amide bonds. The molecule has 0 unspecified atom stereocenters. The summed E-state index contributed by atoms with van der Waals surface area (Å²) < 4.78 is 0. The van der Waals surface area contributed by atoms with Crippen LogP contribution in [0, 0.1) is 16.7 Å². The van der Waals surface area contributed by atoms with Gasteiger partial charge < -0.3 is 0 Å². The molecule has 0 aromatic heterocycles. The Bertz CT molecular complexity index is 190. The Morgan fingerprint density at radius 3 is 2.70 bits per heavy atom. The van der Waals surface area contributed by atoms with Crippen molar-refractivity contribution in [3.63, 3.8) is 0 Å². The van der Waals surface area contributed by atoms with Gasteiger partial charge in [0.1, 0.15) is 0 Å². The molecule has 0 atom stereocenters. The van der Waals surface area contributed by atoms with Gasteiger partial charge in [-0.05, 0) is 0 Å². The van der Waals surface area contributed by atoms with Crippen molar-refractivity contribution in [3.8, 4) is 6.07 Å². The molecule has 1 aliphatic rings. The first kappa shape index (κ1) is 7.62. The molecule has 1 aliphatic heterocycles.